The van der Waals surface area contributed by atoms with Gasteiger partial charge in [-0.3, -0.25) is 4.79 Å². The van der Waals surface area contributed by atoms with E-state index in [-0.39, 0.29) is 11.8 Å². The van der Waals surface area contributed by atoms with Crippen LogP contribution in [0.1, 0.15) is 12.8 Å². The first-order valence-corrected chi connectivity index (χ1v) is 5.32. The zero-order chi connectivity index (χ0) is 9.80. The molecule has 1 unspecified atom stereocenters. The van der Waals surface area contributed by atoms with Crippen LogP contribution in [0.5, 0.6) is 0 Å². The lowest BCUT2D eigenvalue weighted by molar-refractivity contribution is -0.143. The van der Waals surface area contributed by atoms with Gasteiger partial charge in [0.05, 0.1) is 25.7 Å². The third-order valence-corrected chi connectivity index (χ3v) is 2.83. The van der Waals surface area contributed by atoms with Crippen LogP contribution in [0, 0.1) is 5.92 Å². The summed E-state index contributed by atoms with van der Waals surface area (Å²) in [6.45, 7) is 4.27. The first-order chi connectivity index (χ1) is 6.88. The van der Waals surface area contributed by atoms with E-state index in [0.29, 0.717) is 19.8 Å². The topological polar surface area (TPSA) is 38.8 Å². The number of hydrogen-bond donors (Lipinski definition) is 0. The average Bonchev–Trinajstić information content (AvgIpc) is 2.30. The number of hydrogen-bond acceptors (Lipinski definition) is 3. The molecule has 2 fully saturated rings. The fourth-order valence-corrected chi connectivity index (χ4v) is 1.98. The normalized spacial score (nSPS) is 28.9. The van der Waals surface area contributed by atoms with Gasteiger partial charge in [0.15, 0.2) is 0 Å². The van der Waals surface area contributed by atoms with Crippen molar-refractivity contribution in [1.82, 2.24) is 4.90 Å². The molecule has 1 amide bonds. The number of nitrogens with zero attached hydrogens (tertiary/aromatic N) is 1. The molecule has 0 bridgehead atoms. The average molecular weight is 199 g/mol. The van der Waals surface area contributed by atoms with E-state index in [1.54, 1.807) is 0 Å². The van der Waals surface area contributed by atoms with Crippen molar-refractivity contribution >= 4 is 5.91 Å². The van der Waals surface area contributed by atoms with Crippen molar-refractivity contribution in [2.45, 2.75) is 12.8 Å². The third-order valence-electron chi connectivity index (χ3n) is 2.83. The van der Waals surface area contributed by atoms with E-state index in [4.69, 9.17) is 9.47 Å². The summed E-state index contributed by atoms with van der Waals surface area (Å²) in [5.74, 6) is 0.356. The Kier molecular flexibility index (Phi) is 3.37. The summed E-state index contributed by atoms with van der Waals surface area (Å²) >= 11 is 0. The fraction of sp³-hybridized carbons (Fsp3) is 0.900. The quantitative estimate of drug-likeness (QED) is 0.608. The number of carbonyl (C=O) groups is 1. The minimum absolute atomic E-state index is 0.0989. The van der Waals surface area contributed by atoms with Crippen molar-refractivity contribution in [3.05, 3.63) is 0 Å². The number of rotatable bonds is 1. The van der Waals surface area contributed by atoms with Gasteiger partial charge >= 0.3 is 0 Å². The van der Waals surface area contributed by atoms with Crippen LogP contribution in [0.25, 0.3) is 0 Å². The molecule has 0 spiro atoms. The Morgan fingerprint density at radius 3 is 2.57 bits per heavy atom. The molecule has 2 heterocycles. The van der Waals surface area contributed by atoms with Crippen LogP contribution in [-0.4, -0.2) is 50.3 Å². The van der Waals surface area contributed by atoms with Crippen molar-refractivity contribution in [3.8, 4) is 0 Å². The highest BCUT2D eigenvalue weighted by molar-refractivity contribution is 5.79. The zero-order valence-corrected chi connectivity index (χ0v) is 8.41. The molecule has 14 heavy (non-hydrogen) atoms. The van der Waals surface area contributed by atoms with Crippen LogP contribution < -0.4 is 0 Å². The first kappa shape index (κ1) is 9.93. The summed E-state index contributed by atoms with van der Waals surface area (Å²) in [5.41, 5.74) is 0. The molecule has 2 rings (SSSR count). The van der Waals surface area contributed by atoms with Gasteiger partial charge in [0.2, 0.25) is 5.91 Å². The fourth-order valence-electron chi connectivity index (χ4n) is 1.98. The summed E-state index contributed by atoms with van der Waals surface area (Å²) in [6.07, 6.45) is 2.00. The van der Waals surface area contributed by atoms with Gasteiger partial charge in [-0.1, -0.05) is 0 Å². The molecule has 4 heteroatoms. The lowest BCUT2D eigenvalue weighted by Gasteiger charge is -2.31. The summed E-state index contributed by atoms with van der Waals surface area (Å²) in [6, 6.07) is 0. The molecule has 0 aromatic carbocycles. The highest BCUT2D eigenvalue weighted by atomic mass is 16.5. The molecule has 2 aliphatic heterocycles. The summed E-state index contributed by atoms with van der Waals surface area (Å²) in [7, 11) is 0. The maximum absolute atomic E-state index is 11.9. The molecule has 80 valence electrons. The molecule has 1 atom stereocenters. The van der Waals surface area contributed by atoms with Crippen LogP contribution in [0.2, 0.25) is 0 Å². The van der Waals surface area contributed by atoms with Crippen molar-refractivity contribution in [3.63, 3.8) is 0 Å². The van der Waals surface area contributed by atoms with Crippen molar-refractivity contribution in [2.24, 2.45) is 5.92 Å². The maximum atomic E-state index is 11.9. The van der Waals surface area contributed by atoms with Crippen molar-refractivity contribution < 1.29 is 14.3 Å². The van der Waals surface area contributed by atoms with E-state index < -0.39 is 0 Å². The second-order valence-electron chi connectivity index (χ2n) is 3.85. The van der Waals surface area contributed by atoms with Gasteiger partial charge < -0.3 is 14.4 Å². The molecule has 0 saturated carbocycles. The maximum Gasteiger partial charge on any atom is 0.228 e. The Morgan fingerprint density at radius 1 is 1.14 bits per heavy atom. The van der Waals surface area contributed by atoms with E-state index >= 15 is 0 Å². The summed E-state index contributed by atoms with van der Waals surface area (Å²) < 4.78 is 10.5. The first-order valence-electron chi connectivity index (χ1n) is 5.32. The Bertz CT molecular complexity index is 176. The highest BCUT2D eigenvalue weighted by Gasteiger charge is 2.27. The SMILES string of the molecule is O=C(C1CCCOC1)N1CCOCC1. The van der Waals surface area contributed by atoms with E-state index in [9.17, 15) is 4.79 Å². The molecule has 4 nitrogen and oxygen atoms in total. The molecule has 2 aliphatic rings. The molecular formula is C10H17NO3. The van der Waals surface area contributed by atoms with Crippen LogP contribution in [0.4, 0.5) is 0 Å². The van der Waals surface area contributed by atoms with Gasteiger partial charge in [-0.2, -0.15) is 0 Å². The van der Waals surface area contributed by atoms with Crippen LogP contribution in [0.15, 0.2) is 0 Å². The zero-order valence-electron chi connectivity index (χ0n) is 8.41. The van der Waals surface area contributed by atoms with Crippen LogP contribution in [-0.2, 0) is 14.3 Å². The lowest BCUT2D eigenvalue weighted by Crippen LogP contribution is -2.45. The molecule has 2 saturated heterocycles. The standard InChI is InChI=1S/C10H17NO3/c12-10(9-2-1-5-14-8-9)11-3-6-13-7-4-11/h9H,1-8H2. The molecule has 0 aromatic rings. The Labute approximate surface area is 84.2 Å². The molecule has 0 aromatic heterocycles. The van der Waals surface area contributed by atoms with Crippen molar-refractivity contribution in [2.75, 3.05) is 39.5 Å². The second kappa shape index (κ2) is 4.75. The van der Waals surface area contributed by atoms with Gasteiger partial charge in [-0.25, -0.2) is 0 Å². The van der Waals surface area contributed by atoms with Gasteiger partial charge in [0.25, 0.3) is 0 Å². The van der Waals surface area contributed by atoms with Gasteiger partial charge in [-0.15, -0.1) is 0 Å². The minimum Gasteiger partial charge on any atom is -0.381 e. The van der Waals surface area contributed by atoms with Gasteiger partial charge in [0, 0.05) is 19.7 Å². The van der Waals surface area contributed by atoms with Crippen LogP contribution in [0.3, 0.4) is 0 Å². The van der Waals surface area contributed by atoms with Gasteiger partial charge in [-0.05, 0) is 12.8 Å². The van der Waals surface area contributed by atoms with Crippen molar-refractivity contribution in [1.29, 1.82) is 0 Å². The van der Waals surface area contributed by atoms with E-state index in [0.717, 1.165) is 32.5 Å². The van der Waals surface area contributed by atoms with E-state index in [1.807, 2.05) is 4.90 Å². The number of morpholine rings is 1. The Morgan fingerprint density at radius 2 is 1.93 bits per heavy atom. The largest absolute Gasteiger partial charge is 0.381 e. The van der Waals surface area contributed by atoms with Gasteiger partial charge in [0.1, 0.15) is 0 Å². The second-order valence-corrected chi connectivity index (χ2v) is 3.85. The molecular weight excluding hydrogens is 182 g/mol. The monoisotopic (exact) mass is 199 g/mol. The van der Waals surface area contributed by atoms with Crippen LogP contribution >= 0.6 is 0 Å². The highest BCUT2D eigenvalue weighted by Crippen LogP contribution is 2.16. The summed E-state index contributed by atoms with van der Waals surface area (Å²) in [5, 5.41) is 0. The molecule has 0 aliphatic carbocycles. The lowest BCUT2D eigenvalue weighted by atomic mass is 10.0. The smallest absolute Gasteiger partial charge is 0.228 e. The van der Waals surface area contributed by atoms with E-state index in [2.05, 4.69) is 0 Å². The summed E-state index contributed by atoms with van der Waals surface area (Å²) in [4.78, 5) is 13.8. The molecule has 0 N–H and O–H groups in total. The molecule has 0 radical (unpaired) electrons. The number of carbonyl (C=O) groups excluding carboxylic acids is 1. The number of amides is 1. The van der Waals surface area contributed by atoms with E-state index in [1.165, 1.54) is 0 Å². The number of ether oxygens (including phenoxy) is 2. The predicted octanol–water partition coefficient (Wildman–Crippen LogP) is 0.272. The Balaban J connectivity index is 1.85. The third kappa shape index (κ3) is 2.25. The Hall–Kier alpha value is -0.610. The minimum atomic E-state index is 0.0989. The predicted molar refractivity (Wildman–Crippen MR) is 50.9 cm³/mol.